The van der Waals surface area contributed by atoms with Crippen LogP contribution in [0.25, 0.3) is 0 Å². The van der Waals surface area contributed by atoms with Crippen LogP contribution in [0.15, 0.2) is 22.7 Å². The second kappa shape index (κ2) is 6.59. The molecule has 110 valence electrons. The number of hydrogen-bond acceptors (Lipinski definition) is 3. The minimum absolute atomic E-state index is 0.0450. The Morgan fingerprint density at radius 3 is 2.75 bits per heavy atom. The molecule has 1 unspecified atom stereocenters. The lowest BCUT2D eigenvalue weighted by atomic mass is 10.2. The van der Waals surface area contributed by atoms with Gasteiger partial charge in [-0.25, -0.2) is 0 Å². The van der Waals surface area contributed by atoms with Crippen molar-refractivity contribution in [1.82, 2.24) is 10.2 Å². The Balaban J connectivity index is 1.95. The Hall–Kier alpha value is -1.07. The molecule has 5 heteroatoms. The van der Waals surface area contributed by atoms with Crippen LogP contribution in [0.3, 0.4) is 0 Å². The van der Waals surface area contributed by atoms with E-state index in [4.69, 9.17) is 4.74 Å². The van der Waals surface area contributed by atoms with Crippen molar-refractivity contribution in [1.29, 1.82) is 0 Å². The van der Waals surface area contributed by atoms with E-state index in [2.05, 4.69) is 21.2 Å². The first kappa shape index (κ1) is 15.3. The number of nitrogens with one attached hydrogen (secondary N) is 1. The summed E-state index contributed by atoms with van der Waals surface area (Å²) in [6, 6.07) is 6.68. The minimum Gasteiger partial charge on any atom is -0.480 e. The van der Waals surface area contributed by atoms with Crippen molar-refractivity contribution in [2.75, 3.05) is 14.1 Å². The number of hydrogen-bond donors (Lipinski definition) is 1. The van der Waals surface area contributed by atoms with Gasteiger partial charge in [-0.05, 0) is 53.4 Å². The molecule has 0 aromatic heterocycles. The van der Waals surface area contributed by atoms with Crippen LogP contribution in [0.4, 0.5) is 0 Å². The molecule has 1 amide bonds. The summed E-state index contributed by atoms with van der Waals surface area (Å²) in [5.74, 6) is 0.652. The monoisotopic (exact) mass is 340 g/mol. The van der Waals surface area contributed by atoms with Crippen molar-refractivity contribution in [3.8, 4) is 5.75 Å². The Kier molecular flexibility index (Phi) is 5.05. The summed E-state index contributed by atoms with van der Waals surface area (Å²) in [6.07, 6.45) is 2.08. The van der Waals surface area contributed by atoms with Gasteiger partial charge in [0.1, 0.15) is 5.75 Å². The molecule has 1 N–H and O–H groups in total. The maximum Gasteiger partial charge on any atom is 0.262 e. The first-order chi connectivity index (χ1) is 9.47. The quantitative estimate of drug-likeness (QED) is 0.865. The van der Waals surface area contributed by atoms with Crippen LogP contribution >= 0.6 is 15.9 Å². The summed E-state index contributed by atoms with van der Waals surface area (Å²) in [7, 11) is 3.45. The molecule has 2 rings (SSSR count). The highest BCUT2D eigenvalue weighted by Crippen LogP contribution is 2.27. The molecule has 1 aliphatic carbocycles. The van der Waals surface area contributed by atoms with Gasteiger partial charge in [-0.15, -0.1) is 0 Å². The van der Waals surface area contributed by atoms with E-state index in [-0.39, 0.29) is 5.91 Å². The molecule has 1 aromatic carbocycles. The zero-order chi connectivity index (χ0) is 14.7. The topological polar surface area (TPSA) is 41.6 Å². The van der Waals surface area contributed by atoms with Crippen LogP contribution in [0.5, 0.6) is 5.75 Å². The summed E-state index contributed by atoms with van der Waals surface area (Å²) < 4.78 is 6.58. The van der Waals surface area contributed by atoms with Gasteiger partial charge >= 0.3 is 0 Å². The zero-order valence-electron chi connectivity index (χ0n) is 12.1. The number of carbonyl (C=O) groups excluding carboxylic acids is 1. The van der Waals surface area contributed by atoms with Crippen molar-refractivity contribution in [3.05, 3.63) is 28.2 Å². The summed E-state index contributed by atoms with van der Waals surface area (Å²) in [5, 5.41) is 3.47. The van der Waals surface area contributed by atoms with Gasteiger partial charge in [-0.3, -0.25) is 4.79 Å². The molecule has 1 saturated carbocycles. The number of benzene rings is 1. The number of nitrogens with zero attached hydrogens (tertiary/aromatic N) is 1. The van der Waals surface area contributed by atoms with E-state index in [1.165, 1.54) is 23.3 Å². The highest BCUT2D eigenvalue weighted by Gasteiger charge is 2.20. The standard InChI is InChI=1S/C15H21BrN2O2/c1-10(15(19)18(2)3)20-14-7-4-11(8-13(14)16)9-17-12-5-6-12/h4,7-8,10,12,17H,5-6,9H2,1-3H3. The highest BCUT2D eigenvalue weighted by molar-refractivity contribution is 9.10. The fourth-order valence-electron chi connectivity index (χ4n) is 1.90. The Morgan fingerprint density at radius 2 is 2.20 bits per heavy atom. The Bertz CT molecular complexity index is 487. The third kappa shape index (κ3) is 4.21. The average Bonchev–Trinajstić information content (AvgIpc) is 3.22. The molecule has 0 aliphatic heterocycles. The van der Waals surface area contributed by atoms with Crippen molar-refractivity contribution >= 4 is 21.8 Å². The fraction of sp³-hybridized carbons (Fsp3) is 0.533. The normalized spacial score (nSPS) is 15.8. The lowest BCUT2D eigenvalue weighted by molar-refractivity contribution is -0.135. The molecule has 0 heterocycles. The fourth-order valence-corrected chi connectivity index (χ4v) is 2.42. The largest absolute Gasteiger partial charge is 0.480 e. The van der Waals surface area contributed by atoms with E-state index in [0.717, 1.165) is 11.0 Å². The van der Waals surface area contributed by atoms with Crippen LogP contribution in [0.1, 0.15) is 25.3 Å². The van der Waals surface area contributed by atoms with E-state index >= 15 is 0 Å². The number of carbonyl (C=O) groups is 1. The molecule has 1 atom stereocenters. The highest BCUT2D eigenvalue weighted by atomic mass is 79.9. The molecule has 0 spiro atoms. The lowest BCUT2D eigenvalue weighted by Crippen LogP contribution is -2.35. The van der Waals surface area contributed by atoms with Crippen LogP contribution in [0.2, 0.25) is 0 Å². The van der Waals surface area contributed by atoms with Crippen LogP contribution in [-0.4, -0.2) is 37.0 Å². The first-order valence-electron chi connectivity index (χ1n) is 6.87. The first-order valence-corrected chi connectivity index (χ1v) is 7.66. The van der Waals surface area contributed by atoms with Gasteiger partial charge in [0.15, 0.2) is 6.10 Å². The van der Waals surface area contributed by atoms with Crippen LogP contribution in [-0.2, 0) is 11.3 Å². The molecule has 0 saturated heterocycles. The molecule has 4 nitrogen and oxygen atoms in total. The smallest absolute Gasteiger partial charge is 0.262 e. The van der Waals surface area contributed by atoms with E-state index in [9.17, 15) is 4.79 Å². The second-order valence-electron chi connectivity index (χ2n) is 5.41. The number of ether oxygens (including phenoxy) is 1. The predicted molar refractivity (Wildman–Crippen MR) is 82.8 cm³/mol. The Morgan fingerprint density at radius 1 is 1.50 bits per heavy atom. The molecule has 20 heavy (non-hydrogen) atoms. The number of halogens is 1. The van der Waals surface area contributed by atoms with Crippen LogP contribution in [0, 0.1) is 0 Å². The van der Waals surface area contributed by atoms with E-state index in [0.29, 0.717) is 11.8 Å². The third-order valence-electron chi connectivity index (χ3n) is 3.26. The van der Waals surface area contributed by atoms with Gasteiger partial charge in [0, 0.05) is 26.7 Å². The molecule has 0 bridgehead atoms. The number of likely N-dealkylation sites (N-methyl/N-ethyl adjacent to an activating group) is 1. The van der Waals surface area contributed by atoms with E-state index < -0.39 is 6.10 Å². The van der Waals surface area contributed by atoms with Gasteiger partial charge in [0.25, 0.3) is 5.91 Å². The number of amides is 1. The Labute approximate surface area is 128 Å². The van der Waals surface area contributed by atoms with Gasteiger partial charge < -0.3 is 15.0 Å². The van der Waals surface area contributed by atoms with E-state index in [1.807, 2.05) is 18.2 Å². The summed E-state index contributed by atoms with van der Waals surface area (Å²) in [4.78, 5) is 13.3. The van der Waals surface area contributed by atoms with E-state index in [1.54, 1.807) is 21.0 Å². The average molecular weight is 341 g/mol. The SMILES string of the molecule is CC(Oc1ccc(CNC2CC2)cc1Br)C(=O)N(C)C. The van der Waals surface area contributed by atoms with Gasteiger partial charge in [-0.2, -0.15) is 0 Å². The maximum absolute atomic E-state index is 11.8. The van der Waals surface area contributed by atoms with Gasteiger partial charge in [0.05, 0.1) is 4.47 Å². The third-order valence-corrected chi connectivity index (χ3v) is 3.88. The van der Waals surface area contributed by atoms with Crippen molar-refractivity contribution < 1.29 is 9.53 Å². The van der Waals surface area contributed by atoms with Crippen LogP contribution < -0.4 is 10.1 Å². The maximum atomic E-state index is 11.8. The summed E-state index contributed by atoms with van der Waals surface area (Å²) >= 11 is 3.51. The molecule has 1 aliphatic rings. The molecule has 0 radical (unpaired) electrons. The number of rotatable bonds is 6. The summed E-state index contributed by atoms with van der Waals surface area (Å²) in [6.45, 7) is 2.63. The molecular formula is C15H21BrN2O2. The minimum atomic E-state index is -0.489. The molecular weight excluding hydrogens is 320 g/mol. The van der Waals surface area contributed by atoms with Crippen molar-refractivity contribution in [3.63, 3.8) is 0 Å². The lowest BCUT2D eigenvalue weighted by Gasteiger charge is -2.19. The molecule has 1 fully saturated rings. The molecule has 1 aromatic rings. The zero-order valence-corrected chi connectivity index (χ0v) is 13.7. The summed E-state index contributed by atoms with van der Waals surface area (Å²) in [5.41, 5.74) is 1.21. The van der Waals surface area contributed by atoms with Crippen molar-refractivity contribution in [2.24, 2.45) is 0 Å². The van der Waals surface area contributed by atoms with Crippen molar-refractivity contribution in [2.45, 2.75) is 38.5 Å². The van der Waals surface area contributed by atoms with Gasteiger partial charge in [-0.1, -0.05) is 6.07 Å². The van der Waals surface area contributed by atoms with Gasteiger partial charge in [0.2, 0.25) is 0 Å². The predicted octanol–water partition coefficient (Wildman–Crippen LogP) is 2.56. The second-order valence-corrected chi connectivity index (χ2v) is 6.27.